The Morgan fingerprint density at radius 1 is 1.56 bits per heavy atom. The van der Waals surface area contributed by atoms with Gasteiger partial charge >= 0.3 is 0 Å². The summed E-state index contributed by atoms with van der Waals surface area (Å²) in [6, 6.07) is -0.160. The Morgan fingerprint density at radius 3 is 2.83 bits per heavy atom. The van der Waals surface area contributed by atoms with Crippen LogP contribution in [0.25, 0.3) is 0 Å². The first-order valence-electron chi connectivity index (χ1n) is 5.82. The van der Waals surface area contributed by atoms with Crippen molar-refractivity contribution in [3.05, 3.63) is 11.5 Å². The fourth-order valence-corrected chi connectivity index (χ4v) is 4.30. The molecule has 18 heavy (non-hydrogen) atoms. The van der Waals surface area contributed by atoms with E-state index in [1.165, 1.54) is 10.9 Å². The summed E-state index contributed by atoms with van der Waals surface area (Å²) in [6.07, 6.45) is 4.23. The first kappa shape index (κ1) is 12.4. The average Bonchev–Trinajstić information content (AvgIpc) is 2.96. The van der Waals surface area contributed by atoms with Crippen molar-refractivity contribution in [2.45, 2.75) is 42.5 Å². The van der Waals surface area contributed by atoms with Crippen LogP contribution in [0.3, 0.4) is 0 Å². The van der Waals surface area contributed by atoms with E-state index in [2.05, 4.69) is 9.71 Å². The Hall–Kier alpha value is -0.630. The molecule has 2 fully saturated rings. The molecule has 3 heterocycles. The minimum Gasteiger partial charge on any atom is -0.373 e. The van der Waals surface area contributed by atoms with Crippen LogP contribution in [0.2, 0.25) is 5.15 Å². The molecular weight excluding hydrogens is 278 g/mol. The average molecular weight is 292 g/mol. The van der Waals surface area contributed by atoms with Gasteiger partial charge in [0.15, 0.2) is 0 Å². The molecule has 1 aromatic heterocycles. The van der Waals surface area contributed by atoms with Gasteiger partial charge in [-0.2, -0.15) is 0 Å². The second kappa shape index (κ2) is 4.19. The minimum atomic E-state index is -3.67. The van der Waals surface area contributed by atoms with Gasteiger partial charge in [-0.25, -0.2) is 18.1 Å². The van der Waals surface area contributed by atoms with Crippen LogP contribution in [0.15, 0.2) is 11.4 Å². The summed E-state index contributed by atoms with van der Waals surface area (Å²) in [5.41, 5.74) is 0. The van der Waals surface area contributed by atoms with Gasteiger partial charge in [0.1, 0.15) is 5.15 Å². The third-order valence-electron chi connectivity index (χ3n) is 3.50. The number of aryl methyl sites for hydroxylation is 1. The lowest BCUT2D eigenvalue weighted by molar-refractivity contribution is 0.0996. The van der Waals surface area contributed by atoms with Crippen molar-refractivity contribution in [2.75, 3.05) is 0 Å². The summed E-state index contributed by atoms with van der Waals surface area (Å²) in [6.45, 7) is 0. The fourth-order valence-electron chi connectivity index (χ4n) is 2.59. The lowest BCUT2D eigenvalue weighted by atomic mass is 9.96. The largest absolute Gasteiger partial charge is 0.373 e. The molecule has 100 valence electrons. The van der Waals surface area contributed by atoms with E-state index in [1.54, 1.807) is 7.05 Å². The fraction of sp³-hybridized carbons (Fsp3) is 0.700. The van der Waals surface area contributed by atoms with E-state index in [1.807, 2.05) is 0 Å². The van der Waals surface area contributed by atoms with E-state index in [0.29, 0.717) is 0 Å². The van der Waals surface area contributed by atoms with Gasteiger partial charge in [0.25, 0.3) is 10.0 Å². The van der Waals surface area contributed by atoms with Gasteiger partial charge in [-0.05, 0) is 19.3 Å². The van der Waals surface area contributed by atoms with E-state index in [4.69, 9.17) is 16.3 Å². The van der Waals surface area contributed by atoms with Crippen molar-refractivity contribution in [3.63, 3.8) is 0 Å². The van der Waals surface area contributed by atoms with Crippen molar-refractivity contribution in [1.29, 1.82) is 0 Å². The summed E-state index contributed by atoms with van der Waals surface area (Å²) in [4.78, 5) is 3.83. The van der Waals surface area contributed by atoms with E-state index < -0.39 is 10.0 Å². The number of nitrogens with zero attached hydrogens (tertiary/aromatic N) is 2. The number of fused-ring (bicyclic) bond motifs is 2. The first-order chi connectivity index (χ1) is 8.47. The van der Waals surface area contributed by atoms with E-state index in [9.17, 15) is 8.42 Å². The highest BCUT2D eigenvalue weighted by Crippen LogP contribution is 2.35. The zero-order chi connectivity index (χ0) is 12.9. The minimum absolute atomic E-state index is 0.00716. The zero-order valence-corrected chi connectivity index (χ0v) is 11.4. The van der Waals surface area contributed by atoms with Gasteiger partial charge in [-0.15, -0.1) is 0 Å². The van der Waals surface area contributed by atoms with Crippen LogP contribution in [0.1, 0.15) is 19.3 Å². The summed E-state index contributed by atoms with van der Waals surface area (Å²) >= 11 is 5.91. The van der Waals surface area contributed by atoms with Crippen LogP contribution < -0.4 is 4.72 Å². The van der Waals surface area contributed by atoms with Crippen LogP contribution in [0, 0.1) is 0 Å². The SMILES string of the molecule is Cn1cnc(S(=O)(=O)NC2CC3CCC2O3)c1Cl. The summed E-state index contributed by atoms with van der Waals surface area (Å²) < 4.78 is 34.1. The number of hydrogen-bond donors (Lipinski definition) is 1. The number of aromatic nitrogens is 2. The number of ether oxygens (including phenoxy) is 1. The molecule has 3 unspecified atom stereocenters. The highest BCUT2D eigenvalue weighted by atomic mass is 35.5. The van der Waals surface area contributed by atoms with Gasteiger partial charge in [-0.1, -0.05) is 11.6 Å². The van der Waals surface area contributed by atoms with Crippen LogP contribution in [0.5, 0.6) is 0 Å². The molecule has 6 nitrogen and oxygen atoms in total. The molecule has 8 heteroatoms. The van der Waals surface area contributed by atoms with Crippen LogP contribution in [0.4, 0.5) is 0 Å². The molecule has 1 aromatic rings. The Labute approximate surface area is 110 Å². The van der Waals surface area contributed by atoms with Crippen LogP contribution >= 0.6 is 11.6 Å². The van der Waals surface area contributed by atoms with Gasteiger partial charge in [0.2, 0.25) is 5.03 Å². The molecule has 2 bridgehead atoms. The monoisotopic (exact) mass is 291 g/mol. The highest BCUT2D eigenvalue weighted by molar-refractivity contribution is 7.89. The van der Waals surface area contributed by atoms with Crippen molar-refractivity contribution in [3.8, 4) is 0 Å². The second-order valence-electron chi connectivity index (χ2n) is 4.79. The maximum Gasteiger partial charge on any atom is 0.261 e. The standard InChI is InChI=1S/C10H14ClN3O3S/c1-14-5-12-10(9(14)11)18(15,16)13-7-4-6-2-3-8(7)17-6/h5-8,13H,2-4H2,1H3. The molecule has 1 N–H and O–H groups in total. The van der Waals surface area contributed by atoms with Gasteiger partial charge in [-0.3, -0.25) is 0 Å². The number of sulfonamides is 1. The molecule has 3 rings (SSSR count). The molecule has 0 aliphatic carbocycles. The topological polar surface area (TPSA) is 73.2 Å². The van der Waals surface area contributed by atoms with E-state index in [-0.39, 0.29) is 28.4 Å². The van der Waals surface area contributed by atoms with Gasteiger partial charge in [0.05, 0.1) is 24.6 Å². The summed E-state index contributed by atoms with van der Waals surface area (Å²) in [5, 5.41) is 0.000940. The summed E-state index contributed by atoms with van der Waals surface area (Å²) in [7, 11) is -2.02. The van der Waals surface area contributed by atoms with E-state index >= 15 is 0 Å². The lowest BCUT2D eigenvalue weighted by Crippen LogP contribution is -2.41. The van der Waals surface area contributed by atoms with Crippen molar-refractivity contribution >= 4 is 21.6 Å². The maximum atomic E-state index is 12.2. The number of rotatable bonds is 3. The second-order valence-corrected chi connectivity index (χ2v) is 6.78. The molecular formula is C10H14ClN3O3S. The van der Waals surface area contributed by atoms with Gasteiger partial charge < -0.3 is 9.30 Å². The number of imidazole rings is 1. The Kier molecular flexibility index (Phi) is 2.89. The smallest absolute Gasteiger partial charge is 0.261 e. The Bertz CT molecular complexity index is 571. The van der Waals surface area contributed by atoms with Crippen LogP contribution in [-0.4, -0.2) is 36.2 Å². The quantitative estimate of drug-likeness (QED) is 0.888. The van der Waals surface area contributed by atoms with Gasteiger partial charge in [0, 0.05) is 7.05 Å². The molecule has 0 amide bonds. The maximum absolute atomic E-state index is 12.2. The highest BCUT2D eigenvalue weighted by Gasteiger charge is 2.43. The van der Waals surface area contributed by atoms with Crippen LogP contribution in [-0.2, 0) is 21.8 Å². The third-order valence-corrected chi connectivity index (χ3v) is 5.48. The Morgan fingerprint density at radius 2 is 2.33 bits per heavy atom. The third kappa shape index (κ3) is 1.95. The lowest BCUT2D eigenvalue weighted by Gasteiger charge is -2.19. The molecule has 0 radical (unpaired) electrons. The van der Waals surface area contributed by atoms with Crippen molar-refractivity contribution in [1.82, 2.24) is 14.3 Å². The molecule has 3 atom stereocenters. The van der Waals surface area contributed by atoms with Crippen molar-refractivity contribution < 1.29 is 13.2 Å². The Balaban J connectivity index is 1.81. The molecule has 2 aliphatic rings. The summed E-state index contributed by atoms with van der Waals surface area (Å²) in [5.74, 6) is 0. The normalized spacial score (nSPS) is 31.1. The molecule has 2 aliphatic heterocycles. The predicted molar refractivity (Wildman–Crippen MR) is 64.8 cm³/mol. The number of nitrogens with one attached hydrogen (secondary N) is 1. The predicted octanol–water partition coefficient (Wildman–Crippen LogP) is 0.672. The van der Waals surface area contributed by atoms with E-state index in [0.717, 1.165) is 19.3 Å². The van der Waals surface area contributed by atoms with Crippen molar-refractivity contribution in [2.24, 2.45) is 7.05 Å². The molecule has 0 aromatic carbocycles. The number of hydrogen-bond acceptors (Lipinski definition) is 4. The first-order valence-corrected chi connectivity index (χ1v) is 7.68. The molecule has 2 saturated heterocycles. The molecule has 0 spiro atoms. The number of halogens is 1. The zero-order valence-electron chi connectivity index (χ0n) is 9.84. The molecule has 0 saturated carbocycles.